The van der Waals surface area contributed by atoms with Gasteiger partial charge in [0.05, 0.1) is 13.7 Å². The molecule has 0 radical (unpaired) electrons. The van der Waals surface area contributed by atoms with Crippen molar-refractivity contribution in [2.45, 2.75) is 44.7 Å². The summed E-state index contributed by atoms with van der Waals surface area (Å²) in [5.41, 5.74) is 0. The fourth-order valence-electron chi connectivity index (χ4n) is 2.68. The van der Waals surface area contributed by atoms with Crippen molar-refractivity contribution in [2.24, 2.45) is 5.92 Å². The summed E-state index contributed by atoms with van der Waals surface area (Å²) in [6.07, 6.45) is 5.10. The lowest BCUT2D eigenvalue weighted by atomic mass is 9.92. The summed E-state index contributed by atoms with van der Waals surface area (Å²) in [4.78, 5) is 13.6. The first-order valence-corrected chi connectivity index (χ1v) is 6.76. The Labute approximate surface area is 104 Å². The molecular weight excluding hydrogens is 216 g/mol. The molecule has 1 heterocycles. The van der Waals surface area contributed by atoms with Crippen LogP contribution >= 0.6 is 0 Å². The molecule has 0 bridgehead atoms. The molecule has 0 aromatic carbocycles. The Morgan fingerprint density at radius 1 is 1.35 bits per heavy atom. The van der Waals surface area contributed by atoms with Gasteiger partial charge in [0.25, 0.3) is 0 Å². The molecule has 0 aromatic rings. The molecule has 0 aromatic heterocycles. The summed E-state index contributed by atoms with van der Waals surface area (Å²) in [5, 5.41) is 3.68. The minimum atomic E-state index is -0.119. The molecular formula is C13H24N2O2. The van der Waals surface area contributed by atoms with Crippen LogP contribution in [-0.4, -0.2) is 49.7 Å². The Morgan fingerprint density at radius 3 is 2.71 bits per heavy atom. The van der Waals surface area contributed by atoms with Crippen molar-refractivity contribution < 1.29 is 9.53 Å². The number of nitrogens with one attached hydrogen (secondary N) is 1. The number of rotatable bonds is 5. The van der Waals surface area contributed by atoms with Crippen LogP contribution in [0.5, 0.6) is 0 Å². The van der Waals surface area contributed by atoms with Gasteiger partial charge in [-0.1, -0.05) is 13.3 Å². The number of esters is 1. The Morgan fingerprint density at radius 2 is 2.12 bits per heavy atom. The molecule has 2 atom stereocenters. The third-order valence-corrected chi connectivity index (χ3v) is 3.82. The van der Waals surface area contributed by atoms with Crippen LogP contribution in [0, 0.1) is 5.92 Å². The highest BCUT2D eigenvalue weighted by Gasteiger charge is 2.31. The predicted octanol–water partition coefficient (Wildman–Crippen LogP) is 1.01. The number of carbonyl (C=O) groups excluding carboxylic acids is 1. The van der Waals surface area contributed by atoms with E-state index in [2.05, 4.69) is 17.1 Å². The average Bonchev–Trinajstić information content (AvgIpc) is 3.12. The molecule has 1 saturated carbocycles. The van der Waals surface area contributed by atoms with Gasteiger partial charge >= 0.3 is 5.97 Å². The van der Waals surface area contributed by atoms with E-state index in [0.29, 0.717) is 18.5 Å². The number of hydrogen-bond donors (Lipinski definition) is 1. The molecule has 2 aliphatic rings. The van der Waals surface area contributed by atoms with Gasteiger partial charge < -0.3 is 10.1 Å². The van der Waals surface area contributed by atoms with Crippen molar-refractivity contribution in [1.29, 1.82) is 0 Å². The maximum Gasteiger partial charge on any atom is 0.319 e. The normalized spacial score (nSPS) is 30.2. The molecule has 4 nitrogen and oxygen atoms in total. The van der Waals surface area contributed by atoms with Crippen molar-refractivity contribution in [1.82, 2.24) is 10.2 Å². The molecule has 2 rings (SSSR count). The van der Waals surface area contributed by atoms with Crippen molar-refractivity contribution in [2.75, 3.05) is 26.7 Å². The summed E-state index contributed by atoms with van der Waals surface area (Å²) < 4.78 is 4.75. The second kappa shape index (κ2) is 5.83. The van der Waals surface area contributed by atoms with Crippen LogP contribution in [0.4, 0.5) is 0 Å². The van der Waals surface area contributed by atoms with E-state index in [1.807, 2.05) is 0 Å². The van der Waals surface area contributed by atoms with Crippen LogP contribution in [0.25, 0.3) is 0 Å². The van der Waals surface area contributed by atoms with Crippen molar-refractivity contribution >= 4 is 5.97 Å². The number of piperidine rings is 1. The minimum Gasteiger partial charge on any atom is -0.468 e. The number of hydrogen-bond acceptors (Lipinski definition) is 4. The van der Waals surface area contributed by atoms with Crippen molar-refractivity contribution in [3.05, 3.63) is 0 Å². The molecule has 2 fully saturated rings. The highest BCUT2D eigenvalue weighted by molar-refractivity contribution is 5.71. The van der Waals surface area contributed by atoms with E-state index in [1.54, 1.807) is 0 Å². The zero-order valence-electron chi connectivity index (χ0n) is 10.9. The van der Waals surface area contributed by atoms with E-state index < -0.39 is 0 Å². The SMILES string of the molecule is CCC1CC(NC2CC2)CN(CC(=O)OC)C1. The Bertz CT molecular complexity index is 266. The lowest BCUT2D eigenvalue weighted by Gasteiger charge is -2.37. The summed E-state index contributed by atoms with van der Waals surface area (Å²) >= 11 is 0. The van der Waals surface area contributed by atoms with Gasteiger partial charge in [0, 0.05) is 25.2 Å². The van der Waals surface area contributed by atoms with Crippen LogP contribution in [0.2, 0.25) is 0 Å². The van der Waals surface area contributed by atoms with Gasteiger partial charge in [-0.15, -0.1) is 0 Å². The fourth-order valence-corrected chi connectivity index (χ4v) is 2.68. The van der Waals surface area contributed by atoms with Gasteiger partial charge in [0.2, 0.25) is 0 Å². The standard InChI is InChI=1S/C13H24N2O2/c1-3-10-6-12(14-11-4-5-11)8-15(7-10)9-13(16)17-2/h10-12,14H,3-9H2,1-2H3. The van der Waals surface area contributed by atoms with Gasteiger partial charge in [-0.2, -0.15) is 0 Å². The molecule has 1 N–H and O–H groups in total. The summed E-state index contributed by atoms with van der Waals surface area (Å²) in [7, 11) is 1.46. The Kier molecular flexibility index (Phi) is 4.40. The van der Waals surface area contributed by atoms with Crippen molar-refractivity contribution in [3.8, 4) is 0 Å². The fraction of sp³-hybridized carbons (Fsp3) is 0.923. The predicted molar refractivity (Wildman–Crippen MR) is 66.8 cm³/mol. The minimum absolute atomic E-state index is 0.119. The summed E-state index contributed by atoms with van der Waals surface area (Å²) in [6, 6.07) is 1.31. The van der Waals surface area contributed by atoms with Gasteiger partial charge in [-0.25, -0.2) is 0 Å². The zero-order valence-corrected chi connectivity index (χ0v) is 10.9. The Hall–Kier alpha value is -0.610. The van der Waals surface area contributed by atoms with Crippen LogP contribution in [-0.2, 0) is 9.53 Å². The maximum atomic E-state index is 11.3. The summed E-state index contributed by atoms with van der Waals surface area (Å²) in [6.45, 7) is 4.70. The molecule has 98 valence electrons. The first-order valence-electron chi connectivity index (χ1n) is 6.76. The monoisotopic (exact) mass is 240 g/mol. The van der Waals surface area contributed by atoms with E-state index >= 15 is 0 Å². The first-order chi connectivity index (χ1) is 8.21. The second-order valence-electron chi connectivity index (χ2n) is 5.42. The van der Waals surface area contributed by atoms with Gasteiger partial charge in [0.1, 0.15) is 0 Å². The second-order valence-corrected chi connectivity index (χ2v) is 5.42. The quantitative estimate of drug-likeness (QED) is 0.728. The maximum absolute atomic E-state index is 11.3. The molecule has 2 unspecified atom stereocenters. The van der Waals surface area contributed by atoms with Gasteiger partial charge in [-0.3, -0.25) is 9.69 Å². The van der Waals surface area contributed by atoms with Crippen LogP contribution in [0.15, 0.2) is 0 Å². The molecule has 0 spiro atoms. The zero-order chi connectivity index (χ0) is 12.3. The van der Waals surface area contributed by atoms with E-state index in [-0.39, 0.29) is 5.97 Å². The van der Waals surface area contributed by atoms with Crippen LogP contribution in [0.3, 0.4) is 0 Å². The largest absolute Gasteiger partial charge is 0.468 e. The number of ether oxygens (including phenoxy) is 1. The van der Waals surface area contributed by atoms with E-state index in [1.165, 1.54) is 32.8 Å². The highest BCUT2D eigenvalue weighted by Crippen LogP contribution is 2.25. The van der Waals surface area contributed by atoms with E-state index in [4.69, 9.17) is 4.74 Å². The molecule has 0 amide bonds. The lowest BCUT2D eigenvalue weighted by molar-refractivity contribution is -0.142. The molecule has 1 aliphatic heterocycles. The first kappa shape index (κ1) is 12.8. The van der Waals surface area contributed by atoms with E-state index in [0.717, 1.165) is 19.1 Å². The molecule has 17 heavy (non-hydrogen) atoms. The van der Waals surface area contributed by atoms with Crippen LogP contribution < -0.4 is 5.32 Å². The van der Waals surface area contributed by atoms with Gasteiger partial charge in [0.15, 0.2) is 0 Å². The Balaban J connectivity index is 1.84. The van der Waals surface area contributed by atoms with Gasteiger partial charge in [-0.05, 0) is 25.2 Å². The van der Waals surface area contributed by atoms with Crippen molar-refractivity contribution in [3.63, 3.8) is 0 Å². The third kappa shape index (κ3) is 3.96. The third-order valence-electron chi connectivity index (χ3n) is 3.82. The molecule has 4 heteroatoms. The smallest absolute Gasteiger partial charge is 0.319 e. The molecule has 1 aliphatic carbocycles. The molecule has 1 saturated heterocycles. The number of nitrogens with zero attached hydrogens (tertiary/aromatic N) is 1. The average molecular weight is 240 g/mol. The highest BCUT2D eigenvalue weighted by atomic mass is 16.5. The number of methoxy groups -OCH3 is 1. The number of likely N-dealkylation sites (tertiary alicyclic amines) is 1. The number of carbonyl (C=O) groups is 1. The van der Waals surface area contributed by atoms with Crippen LogP contribution in [0.1, 0.15) is 32.6 Å². The summed E-state index contributed by atoms with van der Waals surface area (Å²) in [5.74, 6) is 0.594. The topological polar surface area (TPSA) is 41.6 Å². The van der Waals surface area contributed by atoms with E-state index in [9.17, 15) is 4.79 Å². The lowest BCUT2D eigenvalue weighted by Crippen LogP contribution is -2.51.